The van der Waals surface area contributed by atoms with E-state index in [9.17, 15) is 15.0 Å². The van der Waals surface area contributed by atoms with Gasteiger partial charge in [0.05, 0.1) is 18.1 Å². The van der Waals surface area contributed by atoms with E-state index < -0.39 is 28.8 Å². The van der Waals surface area contributed by atoms with E-state index in [4.69, 9.17) is 13.9 Å². The maximum Gasteiger partial charge on any atom is 0.336 e. The maximum atomic E-state index is 11.9. The Bertz CT molecular complexity index is 937. The molecule has 3 rings (SSSR count). The molecule has 0 radical (unpaired) electrons. The Hall–Kier alpha value is -2.31. The minimum atomic E-state index is -1.22. The lowest BCUT2D eigenvalue weighted by Crippen LogP contribution is -2.49. The van der Waals surface area contributed by atoms with E-state index in [1.165, 1.54) is 13.2 Å². The van der Waals surface area contributed by atoms with Gasteiger partial charge < -0.3 is 24.1 Å². The van der Waals surface area contributed by atoms with Gasteiger partial charge in [0.1, 0.15) is 34.9 Å². The molecule has 6 heteroatoms. The summed E-state index contributed by atoms with van der Waals surface area (Å²) in [6.45, 7) is 11.1. The Morgan fingerprint density at radius 1 is 1.31 bits per heavy atom. The van der Waals surface area contributed by atoms with Gasteiger partial charge in [0, 0.05) is 17.0 Å². The molecule has 0 fully saturated rings. The summed E-state index contributed by atoms with van der Waals surface area (Å²) < 4.78 is 17.1. The van der Waals surface area contributed by atoms with Crippen molar-refractivity contribution in [1.29, 1.82) is 0 Å². The van der Waals surface area contributed by atoms with Crippen LogP contribution in [0.25, 0.3) is 11.0 Å². The molecule has 2 N–H and O–H groups in total. The molecule has 0 amide bonds. The largest absolute Gasteiger partial charge is 0.495 e. The number of aliphatic hydroxyl groups is 2. The molecule has 0 bridgehead atoms. The number of hydrogen-bond donors (Lipinski definition) is 2. The van der Waals surface area contributed by atoms with Crippen LogP contribution in [0.3, 0.4) is 0 Å². The molecule has 1 aromatic heterocycles. The molecule has 0 saturated carbocycles. The van der Waals surface area contributed by atoms with Gasteiger partial charge in [0.15, 0.2) is 0 Å². The second-order valence-electron chi connectivity index (χ2n) is 7.67. The third-order valence-electron chi connectivity index (χ3n) is 5.05. The summed E-state index contributed by atoms with van der Waals surface area (Å²) in [4.78, 5) is 11.9. The molecule has 6 nitrogen and oxygen atoms in total. The molecule has 1 aliphatic heterocycles. The molecule has 0 aliphatic carbocycles. The van der Waals surface area contributed by atoms with E-state index in [-0.39, 0.29) is 0 Å². The first kappa shape index (κ1) is 18.5. The SMILES string of the molecule is C=CC(C)(C)c1c2c(c(OC)c3ccc(=O)oc13)[C@H](O)[C@H](O)C(C)(C)O2. The fraction of sp³-hybridized carbons (Fsp3) is 0.450. The zero-order chi connectivity index (χ0) is 19.4. The van der Waals surface area contributed by atoms with E-state index in [0.717, 1.165) is 0 Å². The number of fused-ring (bicyclic) bond motifs is 2. The fourth-order valence-electron chi connectivity index (χ4n) is 3.41. The third kappa shape index (κ3) is 2.52. The first-order valence-electron chi connectivity index (χ1n) is 8.42. The summed E-state index contributed by atoms with van der Waals surface area (Å²) in [5, 5.41) is 21.9. The van der Waals surface area contributed by atoms with Crippen molar-refractivity contribution in [3.05, 3.63) is 46.3 Å². The number of ether oxygens (including phenoxy) is 2. The smallest absolute Gasteiger partial charge is 0.336 e. The average molecular weight is 360 g/mol. The highest BCUT2D eigenvalue weighted by atomic mass is 16.5. The highest BCUT2D eigenvalue weighted by Gasteiger charge is 2.47. The Morgan fingerprint density at radius 3 is 2.54 bits per heavy atom. The van der Waals surface area contributed by atoms with Gasteiger partial charge >= 0.3 is 5.63 Å². The minimum absolute atomic E-state index is 0.310. The molecule has 0 saturated heterocycles. The van der Waals surface area contributed by atoms with Gasteiger partial charge in [-0.15, -0.1) is 6.58 Å². The maximum absolute atomic E-state index is 11.9. The van der Waals surface area contributed by atoms with Crippen molar-refractivity contribution in [2.75, 3.05) is 7.11 Å². The Morgan fingerprint density at radius 2 is 1.96 bits per heavy atom. The molecule has 140 valence electrons. The van der Waals surface area contributed by atoms with E-state index >= 15 is 0 Å². The van der Waals surface area contributed by atoms with E-state index in [2.05, 4.69) is 6.58 Å². The van der Waals surface area contributed by atoms with Crippen LogP contribution in [0, 0.1) is 0 Å². The number of hydrogen-bond acceptors (Lipinski definition) is 6. The van der Waals surface area contributed by atoms with Gasteiger partial charge in [-0.2, -0.15) is 0 Å². The van der Waals surface area contributed by atoms with Crippen LogP contribution in [0.1, 0.15) is 44.9 Å². The average Bonchev–Trinajstić information content (AvgIpc) is 2.57. The number of benzene rings is 1. The normalized spacial score (nSPS) is 21.8. The summed E-state index contributed by atoms with van der Waals surface area (Å²) in [5.74, 6) is 0.654. The Kier molecular flexibility index (Phi) is 4.16. The van der Waals surface area contributed by atoms with E-state index in [0.29, 0.717) is 33.6 Å². The summed E-state index contributed by atoms with van der Waals surface area (Å²) in [6.07, 6.45) is -0.661. The molecule has 26 heavy (non-hydrogen) atoms. The lowest BCUT2D eigenvalue weighted by Gasteiger charge is -2.42. The van der Waals surface area contributed by atoms with E-state index in [1.54, 1.807) is 26.0 Å². The van der Waals surface area contributed by atoms with Crippen LogP contribution in [-0.4, -0.2) is 29.0 Å². The molecule has 2 atom stereocenters. The van der Waals surface area contributed by atoms with Gasteiger partial charge in [0.2, 0.25) is 0 Å². The number of allylic oxidation sites excluding steroid dienone is 1. The second kappa shape index (κ2) is 5.86. The Balaban J connectivity index is 2.57. The monoisotopic (exact) mass is 360 g/mol. The molecule has 1 aliphatic rings. The van der Waals surface area contributed by atoms with Crippen molar-refractivity contribution in [2.45, 2.75) is 50.9 Å². The van der Waals surface area contributed by atoms with Gasteiger partial charge in [-0.1, -0.05) is 19.9 Å². The zero-order valence-electron chi connectivity index (χ0n) is 15.6. The van der Waals surface area contributed by atoms with Crippen LogP contribution >= 0.6 is 0 Å². The quantitative estimate of drug-likeness (QED) is 0.646. The second-order valence-corrected chi connectivity index (χ2v) is 7.67. The molecule has 0 unspecified atom stereocenters. The molecular weight excluding hydrogens is 336 g/mol. The predicted molar refractivity (Wildman–Crippen MR) is 97.9 cm³/mol. The van der Waals surface area contributed by atoms with Crippen LogP contribution in [0.4, 0.5) is 0 Å². The highest BCUT2D eigenvalue weighted by molar-refractivity contribution is 5.92. The van der Waals surface area contributed by atoms with Crippen molar-refractivity contribution >= 4 is 11.0 Å². The van der Waals surface area contributed by atoms with E-state index in [1.807, 2.05) is 13.8 Å². The lowest BCUT2D eigenvalue weighted by atomic mass is 9.78. The third-order valence-corrected chi connectivity index (χ3v) is 5.05. The van der Waals surface area contributed by atoms with Crippen molar-refractivity contribution in [3.63, 3.8) is 0 Å². The van der Waals surface area contributed by atoms with Crippen molar-refractivity contribution in [2.24, 2.45) is 0 Å². The van der Waals surface area contributed by atoms with Crippen LogP contribution in [0.5, 0.6) is 11.5 Å². The predicted octanol–water partition coefficient (Wildman–Crippen LogP) is 2.83. The zero-order valence-corrected chi connectivity index (χ0v) is 15.6. The van der Waals surface area contributed by atoms with Crippen LogP contribution < -0.4 is 15.1 Å². The first-order valence-corrected chi connectivity index (χ1v) is 8.42. The Labute approximate surface area is 151 Å². The summed E-state index contributed by atoms with van der Waals surface area (Å²) >= 11 is 0. The van der Waals surface area contributed by atoms with Crippen molar-refractivity contribution < 1.29 is 24.1 Å². The summed E-state index contributed by atoms with van der Waals surface area (Å²) in [5.41, 5.74) is -0.954. The van der Waals surface area contributed by atoms with Crippen LogP contribution in [-0.2, 0) is 5.41 Å². The topological polar surface area (TPSA) is 89.1 Å². The van der Waals surface area contributed by atoms with Crippen LogP contribution in [0.2, 0.25) is 0 Å². The van der Waals surface area contributed by atoms with Crippen molar-refractivity contribution in [3.8, 4) is 11.5 Å². The molecule has 2 heterocycles. The molecule has 2 aromatic rings. The number of methoxy groups -OCH3 is 1. The molecule has 0 spiro atoms. The van der Waals surface area contributed by atoms with Gasteiger partial charge in [0.25, 0.3) is 0 Å². The summed E-state index contributed by atoms with van der Waals surface area (Å²) in [6, 6.07) is 2.88. The summed E-state index contributed by atoms with van der Waals surface area (Å²) in [7, 11) is 1.46. The van der Waals surface area contributed by atoms with Gasteiger partial charge in [-0.3, -0.25) is 0 Å². The standard InChI is InChI=1S/C20H24O6/c1-7-19(2,3)13-16-10(8-9-11(21)25-16)15(24-6)12-14(22)18(23)20(4,5)26-17(12)13/h7-9,14,18,22-23H,1H2,2-6H3/t14-,18-/m0/s1. The molecular formula is C20H24O6. The number of aliphatic hydroxyl groups excluding tert-OH is 2. The lowest BCUT2D eigenvalue weighted by molar-refractivity contribution is -0.113. The van der Waals surface area contributed by atoms with Crippen LogP contribution in [0.15, 0.2) is 34.0 Å². The van der Waals surface area contributed by atoms with Crippen molar-refractivity contribution in [1.82, 2.24) is 0 Å². The van der Waals surface area contributed by atoms with Gasteiger partial charge in [-0.05, 0) is 19.9 Å². The minimum Gasteiger partial charge on any atom is -0.495 e. The highest BCUT2D eigenvalue weighted by Crippen LogP contribution is 2.53. The van der Waals surface area contributed by atoms with Gasteiger partial charge in [-0.25, -0.2) is 4.79 Å². The first-order chi connectivity index (χ1) is 12.0. The molecule has 1 aromatic carbocycles. The fourth-order valence-corrected chi connectivity index (χ4v) is 3.41. The number of rotatable bonds is 3.